The van der Waals surface area contributed by atoms with Gasteiger partial charge in [-0.25, -0.2) is 10.2 Å². The number of hydrazine groups is 1. The van der Waals surface area contributed by atoms with Gasteiger partial charge in [0.05, 0.1) is 5.71 Å². The number of rotatable bonds is 3. The van der Waals surface area contributed by atoms with Gasteiger partial charge in [-0.15, -0.1) is 0 Å². The summed E-state index contributed by atoms with van der Waals surface area (Å²) in [5.74, 6) is -0.498. The lowest BCUT2D eigenvalue weighted by molar-refractivity contribution is 0.0828. The van der Waals surface area contributed by atoms with Crippen molar-refractivity contribution in [2.24, 2.45) is 16.3 Å². The minimum absolute atomic E-state index is 0.0517. The number of benzene rings is 1. The fraction of sp³-hybridized carbons (Fsp3) is 0.300. The largest absolute Gasteiger partial charge is 0.455 e. The highest BCUT2D eigenvalue weighted by atomic mass is 35.5. The summed E-state index contributed by atoms with van der Waals surface area (Å²) in [5.41, 5.74) is 13.9. The van der Waals surface area contributed by atoms with Crippen LogP contribution in [0, 0.1) is 12.3 Å². The van der Waals surface area contributed by atoms with E-state index in [-0.39, 0.29) is 11.2 Å². The van der Waals surface area contributed by atoms with Gasteiger partial charge in [0.15, 0.2) is 5.76 Å². The van der Waals surface area contributed by atoms with E-state index in [2.05, 4.69) is 21.4 Å². The first-order valence-electron chi connectivity index (χ1n) is 9.18. The summed E-state index contributed by atoms with van der Waals surface area (Å²) >= 11 is 5.88. The van der Waals surface area contributed by atoms with Gasteiger partial charge in [-0.2, -0.15) is 5.10 Å². The third kappa shape index (κ3) is 4.62. The lowest BCUT2D eigenvalue weighted by Crippen LogP contribution is -2.41. The second-order valence-corrected chi connectivity index (χ2v) is 8.26. The number of fused-ring (bicyclic) bond motifs is 1. The first-order chi connectivity index (χ1) is 14.1. The molecule has 9 nitrogen and oxygen atoms in total. The molecule has 0 saturated heterocycles. The monoisotopic (exact) mass is 431 g/mol. The van der Waals surface area contributed by atoms with Gasteiger partial charge in [-0.3, -0.25) is 20.4 Å². The molecule has 30 heavy (non-hydrogen) atoms. The van der Waals surface area contributed by atoms with Gasteiger partial charge in [-0.05, 0) is 37.0 Å². The van der Waals surface area contributed by atoms with Crippen molar-refractivity contribution >= 4 is 35.2 Å². The third-order valence-corrected chi connectivity index (χ3v) is 4.91. The van der Waals surface area contributed by atoms with Crippen LogP contribution in [-0.4, -0.2) is 23.6 Å². The Morgan fingerprint density at radius 1 is 1.17 bits per heavy atom. The molecule has 1 aromatic carbocycles. The van der Waals surface area contributed by atoms with Crippen molar-refractivity contribution in [1.82, 2.24) is 16.3 Å². The van der Waals surface area contributed by atoms with Crippen LogP contribution >= 0.6 is 11.6 Å². The fourth-order valence-corrected chi connectivity index (χ4v) is 3.61. The van der Waals surface area contributed by atoms with E-state index in [9.17, 15) is 14.4 Å². The van der Waals surface area contributed by atoms with E-state index in [1.807, 2.05) is 13.8 Å². The van der Waals surface area contributed by atoms with Crippen molar-refractivity contribution in [1.29, 1.82) is 0 Å². The molecular formula is C20H22ClN5O4. The molecule has 5 N–H and O–H groups in total. The number of furan rings is 1. The van der Waals surface area contributed by atoms with Crippen LogP contribution in [0.4, 0.5) is 4.79 Å². The van der Waals surface area contributed by atoms with Crippen LogP contribution in [0.15, 0.2) is 33.8 Å². The van der Waals surface area contributed by atoms with Crippen LogP contribution in [0.1, 0.15) is 58.1 Å². The van der Waals surface area contributed by atoms with Gasteiger partial charge in [0, 0.05) is 28.1 Å². The predicted octanol–water partition coefficient (Wildman–Crippen LogP) is 2.66. The number of amides is 4. The van der Waals surface area contributed by atoms with Crippen molar-refractivity contribution in [3.8, 4) is 0 Å². The highest BCUT2D eigenvalue weighted by Crippen LogP contribution is 2.38. The molecule has 1 aliphatic carbocycles. The van der Waals surface area contributed by atoms with Crippen molar-refractivity contribution in [2.45, 2.75) is 33.6 Å². The van der Waals surface area contributed by atoms with E-state index in [4.69, 9.17) is 21.8 Å². The molecule has 0 aliphatic heterocycles. The number of urea groups is 1. The maximum atomic E-state index is 12.6. The van der Waals surface area contributed by atoms with E-state index < -0.39 is 17.8 Å². The summed E-state index contributed by atoms with van der Waals surface area (Å²) in [6.45, 7) is 5.77. The van der Waals surface area contributed by atoms with E-state index in [1.165, 1.54) is 6.07 Å². The first-order valence-corrected chi connectivity index (χ1v) is 9.56. The van der Waals surface area contributed by atoms with Gasteiger partial charge < -0.3 is 10.2 Å². The molecular weight excluding hydrogens is 410 g/mol. The number of nitrogens with two attached hydrogens (primary N) is 1. The van der Waals surface area contributed by atoms with Crippen molar-refractivity contribution in [2.75, 3.05) is 0 Å². The minimum atomic E-state index is -0.782. The summed E-state index contributed by atoms with van der Waals surface area (Å²) in [6.07, 6.45) is 1.15. The number of nitrogens with one attached hydrogen (secondary N) is 3. The zero-order valence-corrected chi connectivity index (χ0v) is 17.5. The second-order valence-electron chi connectivity index (χ2n) is 7.83. The van der Waals surface area contributed by atoms with Crippen LogP contribution in [0.25, 0.3) is 0 Å². The van der Waals surface area contributed by atoms with E-state index >= 15 is 0 Å². The molecule has 1 aromatic heterocycles. The Morgan fingerprint density at radius 3 is 2.53 bits per heavy atom. The number of halogens is 1. The Balaban J connectivity index is 1.82. The van der Waals surface area contributed by atoms with Gasteiger partial charge >= 0.3 is 11.9 Å². The summed E-state index contributed by atoms with van der Waals surface area (Å²) < 4.78 is 5.82. The van der Waals surface area contributed by atoms with Gasteiger partial charge in [0.25, 0.3) is 5.91 Å². The number of nitrogens with zero attached hydrogens (tertiary/aromatic N) is 1. The maximum Gasteiger partial charge on any atom is 0.332 e. The number of hydrazone groups is 1. The zero-order chi connectivity index (χ0) is 22.1. The summed E-state index contributed by atoms with van der Waals surface area (Å²) in [6, 6.07) is 5.54. The van der Waals surface area contributed by atoms with Crippen molar-refractivity contribution in [3.05, 3.63) is 57.5 Å². The van der Waals surface area contributed by atoms with E-state index in [0.29, 0.717) is 46.0 Å². The Labute approximate surface area is 178 Å². The molecule has 10 heteroatoms. The summed E-state index contributed by atoms with van der Waals surface area (Å²) in [5, 5.41) is 4.50. The standard InChI is InChI=1S/C20H22ClN5O4/c1-10-15-13(23-26-19(22)29)8-20(2,3)9-14(15)30-16(10)18(28)25-24-17(27)11-5-4-6-12(21)7-11/h4-7H,8-9H2,1-3H3,(H,24,27)(H,25,28)(H3,22,26,29)/b23-13-. The quantitative estimate of drug-likeness (QED) is 0.554. The molecule has 0 saturated carbocycles. The number of primary amides is 1. The lowest BCUT2D eigenvalue weighted by atomic mass is 9.75. The Morgan fingerprint density at radius 2 is 1.87 bits per heavy atom. The Bertz CT molecular complexity index is 1060. The number of carbonyl (C=O) groups excluding carboxylic acids is 3. The smallest absolute Gasteiger partial charge is 0.332 e. The zero-order valence-electron chi connectivity index (χ0n) is 16.8. The topological polar surface area (TPSA) is 139 Å². The van der Waals surface area contributed by atoms with Crippen LogP contribution in [0.5, 0.6) is 0 Å². The molecule has 0 unspecified atom stereocenters. The maximum absolute atomic E-state index is 12.6. The molecule has 1 heterocycles. The van der Waals surface area contributed by atoms with Gasteiger partial charge in [0.2, 0.25) is 0 Å². The number of hydrogen-bond acceptors (Lipinski definition) is 5. The van der Waals surface area contributed by atoms with Gasteiger partial charge in [0.1, 0.15) is 5.76 Å². The van der Waals surface area contributed by atoms with Crippen molar-refractivity contribution in [3.63, 3.8) is 0 Å². The number of carbonyl (C=O) groups is 3. The van der Waals surface area contributed by atoms with Crippen LogP contribution < -0.4 is 22.0 Å². The van der Waals surface area contributed by atoms with E-state index in [0.717, 1.165) is 0 Å². The summed E-state index contributed by atoms with van der Waals surface area (Å²) in [4.78, 5) is 35.9. The molecule has 0 fully saturated rings. The third-order valence-electron chi connectivity index (χ3n) is 4.68. The molecule has 158 valence electrons. The molecule has 0 radical (unpaired) electrons. The van der Waals surface area contributed by atoms with E-state index in [1.54, 1.807) is 25.1 Å². The van der Waals surface area contributed by atoms with Crippen LogP contribution in [0.2, 0.25) is 5.02 Å². The SMILES string of the molecule is Cc1c(C(=O)NNC(=O)c2cccc(Cl)c2)oc2c1/C(=N\NC(N)=O)CC(C)(C)C2. The number of hydrogen-bond donors (Lipinski definition) is 4. The molecule has 0 bridgehead atoms. The highest BCUT2D eigenvalue weighted by molar-refractivity contribution is 6.31. The summed E-state index contributed by atoms with van der Waals surface area (Å²) in [7, 11) is 0. The van der Waals surface area contributed by atoms with Gasteiger partial charge in [-0.1, -0.05) is 31.5 Å². The van der Waals surface area contributed by atoms with Crippen molar-refractivity contribution < 1.29 is 18.8 Å². The highest BCUT2D eigenvalue weighted by Gasteiger charge is 2.36. The Kier molecular flexibility index (Phi) is 5.84. The average molecular weight is 432 g/mol. The molecule has 0 spiro atoms. The minimum Gasteiger partial charge on any atom is -0.455 e. The first kappa shape index (κ1) is 21.4. The Hall–Kier alpha value is -3.33. The van der Waals surface area contributed by atoms with Crippen LogP contribution in [-0.2, 0) is 6.42 Å². The molecule has 2 aromatic rings. The second kappa shape index (κ2) is 8.19. The lowest BCUT2D eigenvalue weighted by Gasteiger charge is -2.29. The molecule has 3 rings (SSSR count). The van der Waals surface area contributed by atoms with Crippen LogP contribution in [0.3, 0.4) is 0 Å². The molecule has 0 atom stereocenters. The molecule has 1 aliphatic rings. The predicted molar refractivity (Wildman–Crippen MR) is 111 cm³/mol. The average Bonchev–Trinajstić information content (AvgIpc) is 2.99. The normalized spacial score (nSPS) is 15.9. The molecule has 4 amide bonds. The fourth-order valence-electron chi connectivity index (χ4n) is 3.42.